The van der Waals surface area contributed by atoms with Crippen molar-refractivity contribution in [1.82, 2.24) is 14.9 Å². The lowest BCUT2D eigenvalue weighted by Gasteiger charge is -2.13. The fraction of sp³-hybridized carbons (Fsp3) is 0.250. The molecule has 0 atom stereocenters. The Balaban J connectivity index is 2.05. The number of nitrogens with zero attached hydrogens (tertiary/aromatic N) is 3. The molecule has 1 aromatic rings. The molecule has 1 saturated heterocycles. The molecular weight excluding hydrogens is 298 g/mol. The van der Waals surface area contributed by atoms with Gasteiger partial charge in [0.05, 0.1) is 4.91 Å². The highest BCUT2D eigenvalue weighted by molar-refractivity contribution is 8.26. The molecule has 20 heavy (non-hydrogen) atoms. The van der Waals surface area contributed by atoms with Crippen LogP contribution in [-0.2, 0) is 9.59 Å². The number of carbonyl (C=O) groups is 2. The Morgan fingerprint density at radius 1 is 1.45 bits per heavy atom. The van der Waals surface area contributed by atoms with Gasteiger partial charge >= 0.3 is 5.97 Å². The SMILES string of the molecule is O=C(O)CCCN1C(=O)/C(=C/c2cncnc2)SC1=S. The summed E-state index contributed by atoms with van der Waals surface area (Å²) >= 11 is 6.34. The fourth-order valence-corrected chi connectivity index (χ4v) is 2.93. The summed E-state index contributed by atoms with van der Waals surface area (Å²) in [5, 5.41) is 8.60. The van der Waals surface area contributed by atoms with Crippen LogP contribution in [0.1, 0.15) is 18.4 Å². The van der Waals surface area contributed by atoms with Crippen molar-refractivity contribution in [2.24, 2.45) is 0 Å². The lowest BCUT2D eigenvalue weighted by atomic mass is 10.2. The smallest absolute Gasteiger partial charge is 0.303 e. The number of rotatable bonds is 5. The van der Waals surface area contributed by atoms with E-state index in [0.717, 1.165) is 5.56 Å². The third kappa shape index (κ3) is 3.61. The van der Waals surface area contributed by atoms with E-state index >= 15 is 0 Å². The van der Waals surface area contributed by atoms with Crippen LogP contribution in [0.4, 0.5) is 0 Å². The van der Waals surface area contributed by atoms with Crippen molar-refractivity contribution in [3.8, 4) is 0 Å². The van der Waals surface area contributed by atoms with Crippen LogP contribution < -0.4 is 0 Å². The number of aromatic nitrogens is 2. The van der Waals surface area contributed by atoms with Crippen LogP contribution in [0.15, 0.2) is 23.6 Å². The maximum atomic E-state index is 12.2. The standard InChI is InChI=1S/C12H11N3O3S2/c16-10(17)2-1-3-15-11(18)9(20-12(15)19)4-8-5-13-7-14-6-8/h4-7H,1-3H2,(H,16,17)/b9-4-. The van der Waals surface area contributed by atoms with Crippen LogP contribution in [0.3, 0.4) is 0 Å². The average molecular weight is 309 g/mol. The first-order valence-corrected chi connectivity index (χ1v) is 7.02. The van der Waals surface area contributed by atoms with E-state index in [1.165, 1.54) is 23.0 Å². The summed E-state index contributed by atoms with van der Waals surface area (Å²) in [6.07, 6.45) is 6.69. The molecule has 0 saturated carbocycles. The van der Waals surface area contributed by atoms with Gasteiger partial charge in [0.1, 0.15) is 10.6 Å². The molecule has 0 bridgehead atoms. The minimum Gasteiger partial charge on any atom is -0.481 e. The van der Waals surface area contributed by atoms with Gasteiger partial charge in [0.15, 0.2) is 0 Å². The van der Waals surface area contributed by atoms with E-state index in [1.54, 1.807) is 18.5 Å². The van der Waals surface area contributed by atoms with E-state index in [1.807, 2.05) is 0 Å². The lowest BCUT2D eigenvalue weighted by molar-refractivity contribution is -0.137. The quantitative estimate of drug-likeness (QED) is 0.652. The highest BCUT2D eigenvalue weighted by atomic mass is 32.2. The van der Waals surface area contributed by atoms with Crippen molar-refractivity contribution in [3.63, 3.8) is 0 Å². The first-order valence-electron chi connectivity index (χ1n) is 5.80. The van der Waals surface area contributed by atoms with Crippen LogP contribution in [0.2, 0.25) is 0 Å². The molecule has 2 heterocycles. The van der Waals surface area contributed by atoms with E-state index in [9.17, 15) is 9.59 Å². The highest BCUT2D eigenvalue weighted by Gasteiger charge is 2.31. The van der Waals surface area contributed by atoms with Crippen molar-refractivity contribution in [2.45, 2.75) is 12.8 Å². The van der Waals surface area contributed by atoms with E-state index in [0.29, 0.717) is 22.2 Å². The summed E-state index contributed by atoms with van der Waals surface area (Å²) < 4.78 is 0.448. The molecule has 0 unspecified atom stereocenters. The third-order valence-corrected chi connectivity index (χ3v) is 3.90. The second-order valence-electron chi connectivity index (χ2n) is 4.00. The molecule has 1 amide bonds. The molecule has 0 spiro atoms. The number of hydrogen-bond acceptors (Lipinski definition) is 6. The number of hydrogen-bond donors (Lipinski definition) is 1. The van der Waals surface area contributed by atoms with E-state index in [4.69, 9.17) is 17.3 Å². The maximum Gasteiger partial charge on any atom is 0.303 e. The summed E-state index contributed by atoms with van der Waals surface area (Å²) in [4.78, 5) is 32.3. The van der Waals surface area contributed by atoms with Gasteiger partial charge in [-0.2, -0.15) is 0 Å². The average Bonchev–Trinajstić information content (AvgIpc) is 2.67. The maximum absolute atomic E-state index is 12.2. The normalized spacial score (nSPS) is 17.0. The zero-order chi connectivity index (χ0) is 14.5. The third-order valence-electron chi connectivity index (χ3n) is 2.52. The molecular formula is C12H11N3O3S2. The molecule has 1 N–H and O–H groups in total. The molecule has 1 aliphatic rings. The Labute approximate surface area is 124 Å². The van der Waals surface area contributed by atoms with Gasteiger partial charge in [-0.05, 0) is 12.5 Å². The van der Waals surface area contributed by atoms with Crippen molar-refractivity contribution in [3.05, 3.63) is 29.2 Å². The Kier molecular flexibility index (Phi) is 4.80. The molecule has 1 aromatic heterocycles. The van der Waals surface area contributed by atoms with Crippen molar-refractivity contribution >= 4 is 46.3 Å². The molecule has 104 valence electrons. The molecule has 0 radical (unpaired) electrons. The zero-order valence-electron chi connectivity index (χ0n) is 10.4. The van der Waals surface area contributed by atoms with Gasteiger partial charge in [-0.15, -0.1) is 0 Å². The van der Waals surface area contributed by atoms with Gasteiger partial charge in [0.25, 0.3) is 5.91 Å². The molecule has 2 rings (SSSR count). The van der Waals surface area contributed by atoms with Crippen LogP contribution in [0, 0.1) is 0 Å². The molecule has 6 nitrogen and oxygen atoms in total. The molecule has 1 aliphatic heterocycles. The van der Waals surface area contributed by atoms with Gasteiger partial charge in [-0.3, -0.25) is 14.5 Å². The summed E-state index contributed by atoms with van der Waals surface area (Å²) in [7, 11) is 0. The van der Waals surface area contributed by atoms with E-state index in [-0.39, 0.29) is 12.3 Å². The second-order valence-corrected chi connectivity index (χ2v) is 5.68. The number of aliphatic carboxylic acids is 1. The number of carbonyl (C=O) groups excluding carboxylic acids is 1. The van der Waals surface area contributed by atoms with E-state index in [2.05, 4.69) is 9.97 Å². The predicted octanol–water partition coefficient (Wildman–Crippen LogP) is 1.54. The summed E-state index contributed by atoms with van der Waals surface area (Å²) in [5.74, 6) is -1.08. The number of carboxylic acid groups (broad SMARTS) is 1. The highest BCUT2D eigenvalue weighted by Crippen LogP contribution is 2.32. The number of thiocarbonyl (C=S) groups is 1. The summed E-state index contributed by atoms with van der Waals surface area (Å²) in [5.41, 5.74) is 0.721. The van der Waals surface area contributed by atoms with Gasteiger partial charge in [0, 0.05) is 30.9 Å². The largest absolute Gasteiger partial charge is 0.481 e. The monoisotopic (exact) mass is 309 g/mol. The van der Waals surface area contributed by atoms with Crippen molar-refractivity contribution in [2.75, 3.05) is 6.54 Å². The van der Waals surface area contributed by atoms with Gasteiger partial charge in [0.2, 0.25) is 0 Å². The Bertz CT molecular complexity index is 575. The van der Waals surface area contributed by atoms with Crippen LogP contribution in [0.25, 0.3) is 6.08 Å². The first-order chi connectivity index (χ1) is 9.58. The molecule has 0 aromatic carbocycles. The van der Waals surface area contributed by atoms with Gasteiger partial charge < -0.3 is 5.11 Å². The van der Waals surface area contributed by atoms with Crippen LogP contribution >= 0.6 is 24.0 Å². The minimum atomic E-state index is -0.882. The first kappa shape index (κ1) is 14.6. The Morgan fingerprint density at radius 3 is 2.80 bits per heavy atom. The van der Waals surface area contributed by atoms with E-state index < -0.39 is 5.97 Å². The fourth-order valence-electron chi connectivity index (χ4n) is 1.62. The number of carboxylic acids is 1. The predicted molar refractivity (Wildman–Crippen MR) is 78.8 cm³/mol. The van der Waals surface area contributed by atoms with Gasteiger partial charge in [-0.1, -0.05) is 24.0 Å². The topological polar surface area (TPSA) is 83.4 Å². The molecule has 8 heteroatoms. The Hall–Kier alpha value is -1.80. The summed E-state index contributed by atoms with van der Waals surface area (Å²) in [6, 6.07) is 0. The van der Waals surface area contributed by atoms with Crippen LogP contribution in [0.5, 0.6) is 0 Å². The summed E-state index contributed by atoms with van der Waals surface area (Å²) in [6.45, 7) is 0.319. The molecule has 0 aliphatic carbocycles. The Morgan fingerprint density at radius 2 is 2.15 bits per heavy atom. The lowest BCUT2D eigenvalue weighted by Crippen LogP contribution is -2.29. The van der Waals surface area contributed by atoms with Crippen molar-refractivity contribution < 1.29 is 14.7 Å². The van der Waals surface area contributed by atoms with Crippen LogP contribution in [-0.4, -0.2) is 42.7 Å². The van der Waals surface area contributed by atoms with Crippen molar-refractivity contribution in [1.29, 1.82) is 0 Å². The van der Waals surface area contributed by atoms with Gasteiger partial charge in [-0.25, -0.2) is 9.97 Å². The minimum absolute atomic E-state index is 0.0165. The second kappa shape index (κ2) is 6.58. The zero-order valence-corrected chi connectivity index (χ0v) is 12.0. The molecule has 1 fully saturated rings. The number of amides is 1. The number of thioether (sulfide) groups is 1.